The zero-order chi connectivity index (χ0) is 16.8. The lowest BCUT2D eigenvalue weighted by Crippen LogP contribution is -2.19. The highest BCUT2D eigenvalue weighted by atomic mass is 79.9. The molecule has 0 saturated heterocycles. The lowest BCUT2D eigenvalue weighted by Gasteiger charge is -2.20. The summed E-state index contributed by atoms with van der Waals surface area (Å²) in [5.41, 5.74) is 1.97. The Bertz CT molecular complexity index is 677. The number of rotatable bonds is 3. The molecule has 1 aromatic carbocycles. The molecule has 124 valence electrons. The topological polar surface area (TPSA) is 47.6 Å². The first-order valence-electron chi connectivity index (χ1n) is 7.85. The summed E-state index contributed by atoms with van der Waals surface area (Å²) in [6, 6.07) is 3.66. The van der Waals surface area contributed by atoms with E-state index in [4.69, 9.17) is 9.47 Å². The molecule has 1 aliphatic carbocycles. The average molecular weight is 380 g/mol. The van der Waals surface area contributed by atoms with E-state index in [9.17, 15) is 4.79 Å². The van der Waals surface area contributed by atoms with Crippen molar-refractivity contribution in [2.24, 2.45) is 17.3 Å². The molecule has 4 nitrogen and oxygen atoms in total. The van der Waals surface area contributed by atoms with Crippen LogP contribution < -0.4 is 14.8 Å². The van der Waals surface area contributed by atoms with E-state index in [0.29, 0.717) is 30.6 Å². The lowest BCUT2D eigenvalue weighted by molar-refractivity contribution is -0.118. The van der Waals surface area contributed by atoms with E-state index in [-0.39, 0.29) is 17.2 Å². The molecular formula is C18H22BrNO3. The quantitative estimate of drug-likeness (QED) is 0.791. The first kappa shape index (κ1) is 16.4. The van der Waals surface area contributed by atoms with Crippen molar-refractivity contribution in [2.45, 2.75) is 27.7 Å². The summed E-state index contributed by atoms with van der Waals surface area (Å²) in [7, 11) is 0. The van der Waals surface area contributed by atoms with Gasteiger partial charge in [-0.25, -0.2) is 0 Å². The fraction of sp³-hybridized carbons (Fsp3) is 0.500. The molecule has 1 aliphatic heterocycles. The van der Waals surface area contributed by atoms with Crippen molar-refractivity contribution in [1.29, 1.82) is 0 Å². The van der Waals surface area contributed by atoms with Crippen LogP contribution in [0, 0.1) is 17.3 Å². The number of ether oxygens (including phenoxy) is 2. The van der Waals surface area contributed by atoms with E-state index in [1.165, 1.54) is 5.57 Å². The third kappa shape index (κ3) is 3.11. The van der Waals surface area contributed by atoms with Gasteiger partial charge in [0.2, 0.25) is 5.91 Å². The van der Waals surface area contributed by atoms with E-state index in [1.807, 2.05) is 12.1 Å². The van der Waals surface area contributed by atoms with Gasteiger partial charge in [-0.2, -0.15) is 0 Å². The standard InChI is InChI=1S/C18H22BrNO3/c1-10(2)7-11-16(18(11,3)4)17(21)20-13-9-15-14(8-12(13)19)22-5-6-23-15/h7-9,11,16H,5-6H2,1-4H3,(H,20,21)/t11-,16+/m1/s1. The van der Waals surface area contributed by atoms with Gasteiger partial charge in [0.1, 0.15) is 13.2 Å². The van der Waals surface area contributed by atoms with Crippen LogP contribution in [0.4, 0.5) is 5.69 Å². The van der Waals surface area contributed by atoms with E-state index >= 15 is 0 Å². The number of hydrogen-bond acceptors (Lipinski definition) is 3. The minimum absolute atomic E-state index is 0.00164. The predicted octanol–water partition coefficient (Wildman–Crippen LogP) is 4.40. The second-order valence-corrected chi connectivity index (χ2v) is 7.89. The first-order chi connectivity index (χ1) is 10.8. The molecule has 2 aliphatic rings. The molecule has 1 N–H and O–H groups in total. The molecule has 1 fully saturated rings. The molecule has 0 aromatic heterocycles. The Labute approximate surface area is 145 Å². The van der Waals surface area contributed by atoms with E-state index in [1.54, 1.807) is 0 Å². The summed E-state index contributed by atoms with van der Waals surface area (Å²) in [6.07, 6.45) is 2.20. The maximum absolute atomic E-state index is 12.7. The molecule has 2 atom stereocenters. The fourth-order valence-corrected chi connectivity index (χ4v) is 3.64. The Morgan fingerprint density at radius 3 is 2.48 bits per heavy atom. The van der Waals surface area contributed by atoms with Crippen LogP contribution >= 0.6 is 15.9 Å². The smallest absolute Gasteiger partial charge is 0.228 e. The molecule has 1 amide bonds. The van der Waals surface area contributed by atoms with Gasteiger partial charge in [0.15, 0.2) is 11.5 Å². The normalized spacial score (nSPS) is 23.9. The Morgan fingerprint density at radius 1 is 1.26 bits per heavy atom. The molecule has 3 rings (SSSR count). The third-order valence-electron chi connectivity index (χ3n) is 4.60. The molecule has 23 heavy (non-hydrogen) atoms. The van der Waals surface area contributed by atoms with E-state index in [2.05, 4.69) is 55.0 Å². The van der Waals surface area contributed by atoms with Crippen LogP contribution in [0.5, 0.6) is 11.5 Å². The highest BCUT2D eigenvalue weighted by Gasteiger charge is 2.60. The van der Waals surface area contributed by atoms with Gasteiger partial charge in [-0.1, -0.05) is 25.5 Å². The summed E-state index contributed by atoms with van der Waals surface area (Å²) >= 11 is 3.50. The minimum atomic E-state index is -0.00231. The highest BCUT2D eigenvalue weighted by molar-refractivity contribution is 9.10. The first-order valence-corrected chi connectivity index (χ1v) is 8.65. The minimum Gasteiger partial charge on any atom is -0.486 e. The van der Waals surface area contributed by atoms with Crippen molar-refractivity contribution in [3.8, 4) is 11.5 Å². The van der Waals surface area contributed by atoms with Crippen LogP contribution in [0.15, 0.2) is 28.3 Å². The van der Waals surface area contributed by atoms with Gasteiger partial charge in [-0.05, 0) is 41.1 Å². The maximum atomic E-state index is 12.7. The Kier molecular flexibility index (Phi) is 4.17. The number of fused-ring (bicyclic) bond motifs is 1. The molecule has 5 heteroatoms. The van der Waals surface area contributed by atoms with Gasteiger partial charge in [-0.15, -0.1) is 0 Å². The van der Waals surface area contributed by atoms with Gasteiger partial charge in [-0.3, -0.25) is 4.79 Å². The number of hydrogen-bond donors (Lipinski definition) is 1. The van der Waals surface area contributed by atoms with Crippen molar-refractivity contribution in [3.63, 3.8) is 0 Å². The Morgan fingerprint density at radius 2 is 1.87 bits per heavy atom. The van der Waals surface area contributed by atoms with Crippen molar-refractivity contribution in [1.82, 2.24) is 0 Å². The monoisotopic (exact) mass is 379 g/mol. The van der Waals surface area contributed by atoms with Gasteiger partial charge in [0.25, 0.3) is 0 Å². The SMILES string of the molecule is CC(C)=C[C@@H]1[C@@H](C(=O)Nc2cc3c(cc2Br)OCCO3)C1(C)C. The van der Waals surface area contributed by atoms with Crippen LogP contribution in [0.1, 0.15) is 27.7 Å². The summed E-state index contributed by atoms with van der Waals surface area (Å²) in [6.45, 7) is 9.49. The van der Waals surface area contributed by atoms with Gasteiger partial charge < -0.3 is 14.8 Å². The average Bonchev–Trinajstić information content (AvgIpc) is 2.99. The highest BCUT2D eigenvalue weighted by Crippen LogP contribution is 2.59. The predicted molar refractivity (Wildman–Crippen MR) is 94.0 cm³/mol. The van der Waals surface area contributed by atoms with Crippen molar-refractivity contribution in [2.75, 3.05) is 18.5 Å². The number of amides is 1. The second kappa shape index (κ2) is 5.86. The zero-order valence-electron chi connectivity index (χ0n) is 13.9. The number of carbonyl (C=O) groups excluding carboxylic acids is 1. The Hall–Kier alpha value is -1.49. The van der Waals surface area contributed by atoms with Gasteiger partial charge in [0.05, 0.1) is 11.6 Å². The maximum Gasteiger partial charge on any atom is 0.228 e. The zero-order valence-corrected chi connectivity index (χ0v) is 15.5. The number of anilines is 1. The number of nitrogens with one attached hydrogen (secondary N) is 1. The molecule has 0 radical (unpaired) electrons. The second-order valence-electron chi connectivity index (χ2n) is 7.03. The molecule has 0 bridgehead atoms. The van der Waals surface area contributed by atoms with Crippen LogP contribution in [0.3, 0.4) is 0 Å². The van der Waals surface area contributed by atoms with Crippen LogP contribution in [-0.4, -0.2) is 19.1 Å². The van der Waals surface area contributed by atoms with Crippen LogP contribution in [-0.2, 0) is 4.79 Å². The molecule has 1 saturated carbocycles. The van der Waals surface area contributed by atoms with Crippen LogP contribution in [0.2, 0.25) is 0 Å². The summed E-state index contributed by atoms with van der Waals surface area (Å²) in [5, 5.41) is 3.03. The number of carbonyl (C=O) groups is 1. The largest absolute Gasteiger partial charge is 0.486 e. The molecule has 1 aromatic rings. The summed E-state index contributed by atoms with van der Waals surface area (Å²) in [4.78, 5) is 12.7. The number of halogens is 1. The number of allylic oxidation sites excluding steroid dienone is 2. The molecule has 0 unspecified atom stereocenters. The fourth-order valence-electron chi connectivity index (χ4n) is 3.22. The van der Waals surface area contributed by atoms with Crippen molar-refractivity contribution < 1.29 is 14.3 Å². The van der Waals surface area contributed by atoms with Gasteiger partial charge in [0, 0.05) is 16.6 Å². The summed E-state index contributed by atoms with van der Waals surface area (Å²) < 4.78 is 11.9. The van der Waals surface area contributed by atoms with Crippen molar-refractivity contribution >= 4 is 27.5 Å². The molecular weight excluding hydrogens is 358 g/mol. The summed E-state index contributed by atoms with van der Waals surface area (Å²) in [5.74, 6) is 1.72. The van der Waals surface area contributed by atoms with Gasteiger partial charge >= 0.3 is 0 Å². The lowest BCUT2D eigenvalue weighted by atomic mass is 10.1. The van der Waals surface area contributed by atoms with Crippen molar-refractivity contribution in [3.05, 3.63) is 28.3 Å². The van der Waals surface area contributed by atoms with E-state index < -0.39 is 0 Å². The Balaban J connectivity index is 1.78. The number of benzene rings is 1. The third-order valence-corrected chi connectivity index (χ3v) is 5.25. The van der Waals surface area contributed by atoms with E-state index in [0.717, 1.165) is 10.2 Å². The molecule has 0 spiro atoms. The molecule has 1 heterocycles. The van der Waals surface area contributed by atoms with Crippen LogP contribution in [0.25, 0.3) is 0 Å².